The number of ether oxygens (including phenoxy) is 1. The Morgan fingerprint density at radius 2 is 2.50 bits per heavy atom. The van der Waals surface area contributed by atoms with E-state index in [1.54, 1.807) is 0 Å². The highest BCUT2D eigenvalue weighted by Gasteiger charge is 2.18. The summed E-state index contributed by atoms with van der Waals surface area (Å²) in [7, 11) is 2.10. The van der Waals surface area contributed by atoms with E-state index < -0.39 is 0 Å². The summed E-state index contributed by atoms with van der Waals surface area (Å²) in [4.78, 5) is 10.2. The van der Waals surface area contributed by atoms with Crippen LogP contribution in [0.3, 0.4) is 0 Å². The zero-order valence-electron chi connectivity index (χ0n) is 10.5. The van der Waals surface area contributed by atoms with Crippen molar-refractivity contribution in [1.29, 1.82) is 5.26 Å². The molecule has 1 aliphatic heterocycles. The van der Waals surface area contributed by atoms with Gasteiger partial charge in [-0.05, 0) is 26.4 Å². The normalized spacial score (nSPS) is 20.3. The second-order valence-corrected chi connectivity index (χ2v) is 4.64. The zero-order valence-corrected chi connectivity index (χ0v) is 10.5. The van der Waals surface area contributed by atoms with Gasteiger partial charge in [0.2, 0.25) is 5.69 Å². The predicted molar refractivity (Wildman–Crippen MR) is 66.9 cm³/mol. The first-order chi connectivity index (χ1) is 8.69. The molecule has 0 bridgehead atoms. The Labute approximate surface area is 106 Å². The summed E-state index contributed by atoms with van der Waals surface area (Å²) in [5.41, 5.74) is 5.73. The summed E-state index contributed by atoms with van der Waals surface area (Å²) in [5, 5.41) is 8.91. The number of nitriles is 1. The van der Waals surface area contributed by atoms with Crippen LogP contribution in [0, 0.1) is 17.2 Å². The van der Waals surface area contributed by atoms with Crippen molar-refractivity contribution in [1.82, 2.24) is 14.9 Å². The summed E-state index contributed by atoms with van der Waals surface area (Å²) >= 11 is 0. The Hall–Kier alpha value is -1.87. The lowest BCUT2D eigenvalue weighted by Crippen LogP contribution is -2.34. The fourth-order valence-corrected chi connectivity index (χ4v) is 2.17. The van der Waals surface area contributed by atoms with Gasteiger partial charge in [-0.2, -0.15) is 10.2 Å². The van der Waals surface area contributed by atoms with E-state index in [4.69, 9.17) is 15.7 Å². The molecule has 1 saturated heterocycles. The quantitative estimate of drug-likeness (QED) is 0.843. The highest BCUT2D eigenvalue weighted by atomic mass is 16.5. The van der Waals surface area contributed by atoms with Gasteiger partial charge in [0.15, 0.2) is 0 Å². The summed E-state index contributed by atoms with van der Waals surface area (Å²) in [6.45, 7) is 2.70. The van der Waals surface area contributed by atoms with E-state index in [0.717, 1.165) is 19.5 Å². The molecule has 2 rings (SSSR count). The molecule has 18 heavy (non-hydrogen) atoms. The minimum Gasteiger partial charge on any atom is -0.475 e. The molecule has 2 heterocycles. The number of nitrogen functional groups attached to an aromatic ring is 1. The highest BCUT2D eigenvalue weighted by Crippen LogP contribution is 2.18. The topological polar surface area (TPSA) is 88.1 Å². The van der Waals surface area contributed by atoms with E-state index >= 15 is 0 Å². The van der Waals surface area contributed by atoms with Gasteiger partial charge < -0.3 is 15.4 Å². The summed E-state index contributed by atoms with van der Waals surface area (Å²) in [6.07, 6.45) is 3.68. The number of nitrogens with two attached hydrogens (primary N) is 1. The van der Waals surface area contributed by atoms with Crippen LogP contribution < -0.4 is 10.5 Å². The number of aromatic nitrogens is 2. The fourth-order valence-electron chi connectivity index (χ4n) is 2.17. The van der Waals surface area contributed by atoms with E-state index in [1.807, 2.05) is 6.07 Å². The van der Waals surface area contributed by atoms with E-state index in [9.17, 15) is 0 Å². The average molecular weight is 247 g/mol. The monoisotopic (exact) mass is 247 g/mol. The van der Waals surface area contributed by atoms with Gasteiger partial charge in [-0.15, -0.1) is 0 Å². The molecule has 1 aromatic rings. The summed E-state index contributed by atoms with van der Waals surface area (Å²) < 4.78 is 5.59. The van der Waals surface area contributed by atoms with Crippen LogP contribution in [-0.2, 0) is 0 Å². The molecule has 1 unspecified atom stereocenters. The standard InChI is InChI=1S/C12H17N5O/c1-17-4-2-3-9(7-17)8-18-12-10(5-13)15-6-11(14)16-12/h6,9H,2-4,7-8H2,1H3,(H2,14,16). The molecule has 1 aliphatic rings. The van der Waals surface area contributed by atoms with Gasteiger partial charge in [-0.25, -0.2) is 4.98 Å². The highest BCUT2D eigenvalue weighted by molar-refractivity contribution is 5.37. The van der Waals surface area contributed by atoms with Crippen LogP contribution in [0.15, 0.2) is 6.20 Å². The van der Waals surface area contributed by atoms with E-state index in [1.165, 1.54) is 12.6 Å². The first kappa shape index (κ1) is 12.6. The molecular formula is C12H17N5O. The maximum atomic E-state index is 8.91. The average Bonchev–Trinajstić information content (AvgIpc) is 2.37. The zero-order chi connectivity index (χ0) is 13.0. The van der Waals surface area contributed by atoms with Gasteiger partial charge in [0.1, 0.15) is 11.9 Å². The maximum Gasteiger partial charge on any atom is 0.253 e. The molecule has 6 heteroatoms. The van der Waals surface area contributed by atoms with Crippen LogP contribution in [0.1, 0.15) is 18.5 Å². The van der Waals surface area contributed by atoms with Gasteiger partial charge in [0.25, 0.3) is 5.88 Å². The molecule has 0 radical (unpaired) electrons. The third-order valence-corrected chi connectivity index (χ3v) is 3.04. The lowest BCUT2D eigenvalue weighted by atomic mass is 10.00. The van der Waals surface area contributed by atoms with Crippen molar-refractivity contribution >= 4 is 5.82 Å². The molecule has 2 N–H and O–H groups in total. The van der Waals surface area contributed by atoms with E-state index in [2.05, 4.69) is 21.9 Å². The fraction of sp³-hybridized carbons (Fsp3) is 0.583. The minimum absolute atomic E-state index is 0.188. The molecule has 0 aromatic carbocycles. The van der Waals surface area contributed by atoms with Crippen LogP contribution in [0.4, 0.5) is 5.82 Å². The van der Waals surface area contributed by atoms with Crippen LogP contribution in [-0.4, -0.2) is 41.6 Å². The SMILES string of the molecule is CN1CCCC(COc2nc(N)cnc2C#N)C1. The van der Waals surface area contributed by atoms with Crippen molar-refractivity contribution in [3.05, 3.63) is 11.9 Å². The van der Waals surface area contributed by atoms with Gasteiger partial charge >= 0.3 is 0 Å². The summed E-state index contributed by atoms with van der Waals surface area (Å²) in [5.74, 6) is 0.981. The number of hydrogen-bond donors (Lipinski definition) is 1. The molecule has 1 aromatic heterocycles. The van der Waals surface area contributed by atoms with Crippen LogP contribution in [0.2, 0.25) is 0 Å². The van der Waals surface area contributed by atoms with E-state index in [-0.39, 0.29) is 17.4 Å². The molecule has 6 nitrogen and oxygen atoms in total. The van der Waals surface area contributed by atoms with Crippen molar-refractivity contribution in [2.24, 2.45) is 5.92 Å². The van der Waals surface area contributed by atoms with Gasteiger partial charge in [-0.1, -0.05) is 0 Å². The number of hydrogen-bond acceptors (Lipinski definition) is 6. The summed E-state index contributed by atoms with van der Waals surface area (Å²) in [6, 6.07) is 1.95. The Balaban J connectivity index is 1.97. The second kappa shape index (κ2) is 5.65. The molecule has 0 aliphatic carbocycles. The molecule has 0 saturated carbocycles. The number of rotatable bonds is 3. The van der Waals surface area contributed by atoms with Crippen molar-refractivity contribution < 1.29 is 4.74 Å². The van der Waals surface area contributed by atoms with Crippen LogP contribution >= 0.6 is 0 Å². The number of piperidine rings is 1. The van der Waals surface area contributed by atoms with Crippen molar-refractivity contribution in [3.63, 3.8) is 0 Å². The minimum atomic E-state index is 0.188. The smallest absolute Gasteiger partial charge is 0.253 e. The van der Waals surface area contributed by atoms with Crippen molar-refractivity contribution in [3.8, 4) is 11.9 Å². The number of nitrogens with zero attached hydrogens (tertiary/aromatic N) is 4. The third kappa shape index (κ3) is 3.08. The Bertz CT molecular complexity index is 456. The first-order valence-electron chi connectivity index (χ1n) is 6.03. The van der Waals surface area contributed by atoms with Crippen molar-refractivity contribution in [2.75, 3.05) is 32.5 Å². The molecule has 1 fully saturated rings. The van der Waals surface area contributed by atoms with Crippen LogP contribution in [0.25, 0.3) is 0 Å². The lowest BCUT2D eigenvalue weighted by molar-refractivity contribution is 0.147. The van der Waals surface area contributed by atoms with Gasteiger partial charge in [-0.3, -0.25) is 0 Å². The Kier molecular flexibility index (Phi) is 3.95. The van der Waals surface area contributed by atoms with Crippen molar-refractivity contribution in [2.45, 2.75) is 12.8 Å². The molecule has 0 spiro atoms. The second-order valence-electron chi connectivity index (χ2n) is 4.64. The third-order valence-electron chi connectivity index (χ3n) is 3.04. The Morgan fingerprint density at radius 3 is 3.22 bits per heavy atom. The lowest BCUT2D eigenvalue weighted by Gasteiger charge is -2.29. The molecule has 0 amide bonds. The maximum absolute atomic E-state index is 8.91. The molecule has 96 valence electrons. The van der Waals surface area contributed by atoms with E-state index in [0.29, 0.717) is 12.5 Å². The Morgan fingerprint density at radius 1 is 1.67 bits per heavy atom. The number of anilines is 1. The van der Waals surface area contributed by atoms with Gasteiger partial charge in [0, 0.05) is 12.5 Å². The van der Waals surface area contributed by atoms with Gasteiger partial charge in [0.05, 0.1) is 12.8 Å². The largest absolute Gasteiger partial charge is 0.475 e. The number of likely N-dealkylation sites (tertiary alicyclic amines) is 1. The first-order valence-corrected chi connectivity index (χ1v) is 6.03. The molecule has 1 atom stereocenters. The predicted octanol–water partition coefficient (Wildman–Crippen LogP) is 0.651. The van der Waals surface area contributed by atoms with Crippen LogP contribution in [0.5, 0.6) is 5.88 Å². The molecular weight excluding hydrogens is 230 g/mol.